The van der Waals surface area contributed by atoms with Crippen LogP contribution in [0.4, 0.5) is 17.6 Å². The molecule has 0 N–H and O–H groups in total. The molecule has 2 aliphatic heterocycles. The van der Waals surface area contributed by atoms with Gasteiger partial charge in [-0.2, -0.15) is 0 Å². The van der Waals surface area contributed by atoms with E-state index in [2.05, 4.69) is 9.72 Å². The number of carbonyl (C=O) groups is 3. The molecule has 8 nitrogen and oxygen atoms in total. The molecule has 5 rings (SSSR count). The summed E-state index contributed by atoms with van der Waals surface area (Å²) >= 11 is 0. The van der Waals surface area contributed by atoms with Crippen molar-refractivity contribution in [3.05, 3.63) is 89.2 Å². The Morgan fingerprint density at radius 3 is 2.11 bits per heavy atom. The van der Waals surface area contributed by atoms with Crippen molar-refractivity contribution in [3.63, 3.8) is 0 Å². The number of likely N-dealkylation sites (tertiary alicyclic amines) is 2. The number of aromatic nitrogens is 1. The normalized spacial score (nSPS) is 19.5. The summed E-state index contributed by atoms with van der Waals surface area (Å²) in [6.07, 6.45) is -3.13. The fourth-order valence-corrected chi connectivity index (χ4v) is 5.98. The number of Topliss-reactive ketones (excluding diaryl/α,β-unsaturated/α-hetero) is 2. The van der Waals surface area contributed by atoms with Crippen molar-refractivity contribution in [3.8, 4) is 11.5 Å². The first kappa shape index (κ1) is 33.1. The number of carbonyl (C=O) groups excluding carboxylic acids is 3. The minimum absolute atomic E-state index is 0.00317. The maximum absolute atomic E-state index is 15.1. The lowest BCUT2D eigenvalue weighted by Gasteiger charge is -2.34. The van der Waals surface area contributed by atoms with E-state index < -0.39 is 18.5 Å². The summed E-state index contributed by atoms with van der Waals surface area (Å²) in [6, 6.07) is 15.5. The third kappa shape index (κ3) is 8.48. The second-order valence-electron chi connectivity index (χ2n) is 11.7. The fourth-order valence-electron chi connectivity index (χ4n) is 5.98. The number of methoxy groups -OCH3 is 1. The molecule has 12 heteroatoms. The van der Waals surface area contributed by atoms with Gasteiger partial charge in [-0.05, 0) is 85.8 Å². The summed E-state index contributed by atoms with van der Waals surface area (Å²) in [5.41, 5.74) is 1.84. The first-order valence-corrected chi connectivity index (χ1v) is 15.2. The highest BCUT2D eigenvalue weighted by Gasteiger charge is 2.33. The minimum atomic E-state index is -4.77. The Balaban J connectivity index is 1.07. The molecule has 2 aliphatic rings. The smallest absolute Gasteiger partial charge is 0.497 e. The van der Waals surface area contributed by atoms with Crippen LogP contribution in [0.2, 0.25) is 0 Å². The molecule has 2 aromatic carbocycles. The Kier molecular flexibility index (Phi) is 10.4. The Hall–Kier alpha value is -4.32. The number of amides is 1. The molecule has 3 aromatic rings. The van der Waals surface area contributed by atoms with Crippen LogP contribution in [0.25, 0.3) is 0 Å². The molecule has 2 saturated heterocycles. The molecule has 0 bridgehead atoms. The van der Waals surface area contributed by atoms with Crippen LogP contribution >= 0.6 is 0 Å². The summed E-state index contributed by atoms with van der Waals surface area (Å²) in [7, 11) is 1.57. The number of piperidine rings is 2. The zero-order chi connectivity index (χ0) is 32.8. The molecule has 46 heavy (non-hydrogen) atoms. The second kappa shape index (κ2) is 14.4. The van der Waals surface area contributed by atoms with E-state index in [1.165, 1.54) is 42.6 Å². The fraction of sp³-hybridized carbons (Fsp3) is 0.412. The maximum atomic E-state index is 15.1. The zero-order valence-corrected chi connectivity index (χ0v) is 25.3. The van der Waals surface area contributed by atoms with E-state index in [4.69, 9.17) is 4.74 Å². The number of benzene rings is 2. The number of hydrogen-bond donors (Lipinski definition) is 0. The Morgan fingerprint density at radius 2 is 1.52 bits per heavy atom. The van der Waals surface area contributed by atoms with Crippen molar-refractivity contribution in [1.82, 2.24) is 14.8 Å². The molecule has 244 valence electrons. The molecule has 2 atom stereocenters. The highest BCUT2D eigenvalue weighted by molar-refractivity contribution is 5.99. The molecule has 3 heterocycles. The van der Waals surface area contributed by atoms with Crippen LogP contribution in [0.1, 0.15) is 62.5 Å². The summed E-state index contributed by atoms with van der Waals surface area (Å²) in [5, 5.41) is 0. The van der Waals surface area contributed by atoms with Gasteiger partial charge in [0.15, 0.2) is 11.6 Å². The third-order valence-corrected chi connectivity index (χ3v) is 8.60. The monoisotopic (exact) mass is 641 g/mol. The first-order chi connectivity index (χ1) is 22.0. The first-order valence-electron chi connectivity index (χ1n) is 15.2. The van der Waals surface area contributed by atoms with E-state index in [1.54, 1.807) is 36.3 Å². The quantitative estimate of drug-likeness (QED) is 0.194. The lowest BCUT2D eigenvalue weighted by molar-refractivity contribution is -0.274. The van der Waals surface area contributed by atoms with Crippen molar-refractivity contribution in [2.24, 2.45) is 11.8 Å². The summed E-state index contributed by atoms with van der Waals surface area (Å²) in [4.78, 5) is 46.7. The molecule has 0 saturated carbocycles. The van der Waals surface area contributed by atoms with Gasteiger partial charge in [-0.1, -0.05) is 12.1 Å². The van der Waals surface area contributed by atoms with E-state index in [-0.39, 0.29) is 47.8 Å². The van der Waals surface area contributed by atoms with Crippen LogP contribution in [0.5, 0.6) is 11.5 Å². The lowest BCUT2D eigenvalue weighted by Crippen LogP contribution is -2.42. The number of rotatable bonds is 10. The highest BCUT2D eigenvalue weighted by atomic mass is 19.4. The van der Waals surface area contributed by atoms with Crippen molar-refractivity contribution in [2.75, 3.05) is 33.3 Å². The van der Waals surface area contributed by atoms with Crippen LogP contribution in [-0.4, -0.2) is 78.1 Å². The third-order valence-electron chi connectivity index (χ3n) is 8.60. The summed E-state index contributed by atoms with van der Waals surface area (Å²) in [5.74, 6) is -0.776. The molecule has 2 fully saturated rings. The molecule has 0 spiro atoms. The topological polar surface area (TPSA) is 89.0 Å². The van der Waals surface area contributed by atoms with Gasteiger partial charge in [0.25, 0.3) is 5.91 Å². The predicted molar refractivity (Wildman–Crippen MR) is 161 cm³/mol. The van der Waals surface area contributed by atoms with E-state index >= 15 is 4.39 Å². The number of halogens is 4. The van der Waals surface area contributed by atoms with Crippen molar-refractivity contribution in [1.29, 1.82) is 0 Å². The number of hydrogen-bond acceptors (Lipinski definition) is 7. The molecule has 0 radical (unpaired) electrons. The molecule has 0 aliphatic carbocycles. The van der Waals surface area contributed by atoms with Crippen LogP contribution < -0.4 is 9.47 Å². The van der Waals surface area contributed by atoms with Crippen molar-refractivity contribution < 1.29 is 41.4 Å². The number of pyridine rings is 1. The van der Waals surface area contributed by atoms with Gasteiger partial charge in [-0.3, -0.25) is 24.3 Å². The average molecular weight is 642 g/mol. The van der Waals surface area contributed by atoms with E-state index in [9.17, 15) is 27.6 Å². The minimum Gasteiger partial charge on any atom is -0.497 e. The van der Waals surface area contributed by atoms with Crippen LogP contribution in [0, 0.1) is 11.8 Å². The van der Waals surface area contributed by atoms with Gasteiger partial charge in [-0.25, -0.2) is 4.39 Å². The van der Waals surface area contributed by atoms with Gasteiger partial charge in [-0.15, -0.1) is 13.2 Å². The average Bonchev–Trinajstić information content (AvgIpc) is 3.05. The van der Waals surface area contributed by atoms with Gasteiger partial charge < -0.3 is 14.4 Å². The molecular formula is C34H35F4N3O5. The van der Waals surface area contributed by atoms with Crippen molar-refractivity contribution >= 4 is 17.5 Å². The zero-order valence-electron chi connectivity index (χ0n) is 25.3. The summed E-state index contributed by atoms with van der Waals surface area (Å²) < 4.78 is 61.2. The van der Waals surface area contributed by atoms with E-state index in [1.807, 2.05) is 4.90 Å². The van der Waals surface area contributed by atoms with Gasteiger partial charge in [0, 0.05) is 55.8 Å². The Morgan fingerprint density at radius 1 is 0.870 bits per heavy atom. The van der Waals surface area contributed by atoms with Crippen molar-refractivity contribution in [2.45, 2.75) is 44.8 Å². The van der Waals surface area contributed by atoms with Crippen LogP contribution in [0.15, 0.2) is 66.9 Å². The molecule has 1 aromatic heterocycles. The number of ether oxygens (including phenoxy) is 2. The standard InChI is InChI=1S/C34H35F4N3O5/c1-45-27-9-4-23(5-10-27)32(43)24-13-16-41(17-14-24)33(44)30-11-6-26(19-39-30)31(42)18-25-12-15-40(21-29(25)35)20-22-2-7-28(8-3-22)46-34(36,37)38/h2-11,19,24-25,29H,12-18,20-21H2,1H3/t25-,29+/m0/s1. The Labute approximate surface area is 264 Å². The van der Waals surface area contributed by atoms with Crippen LogP contribution in [0.3, 0.4) is 0 Å². The maximum Gasteiger partial charge on any atom is 0.573 e. The molecule has 0 unspecified atom stereocenters. The Bertz CT molecular complexity index is 1510. The number of alkyl halides is 4. The second-order valence-corrected chi connectivity index (χ2v) is 11.7. The van der Waals surface area contributed by atoms with Gasteiger partial charge in [0.05, 0.1) is 7.11 Å². The predicted octanol–water partition coefficient (Wildman–Crippen LogP) is 6.16. The number of nitrogens with zero attached hydrogens (tertiary/aromatic N) is 3. The van der Waals surface area contributed by atoms with Crippen LogP contribution in [-0.2, 0) is 6.54 Å². The van der Waals surface area contributed by atoms with Gasteiger partial charge >= 0.3 is 6.36 Å². The molecular weight excluding hydrogens is 606 g/mol. The van der Waals surface area contributed by atoms with Gasteiger partial charge in [0.2, 0.25) is 0 Å². The highest BCUT2D eigenvalue weighted by Crippen LogP contribution is 2.28. The van der Waals surface area contributed by atoms with E-state index in [0.717, 1.165) is 5.56 Å². The number of ketones is 2. The van der Waals surface area contributed by atoms with E-state index in [0.29, 0.717) is 62.3 Å². The van der Waals surface area contributed by atoms with Gasteiger partial charge in [0.1, 0.15) is 23.4 Å². The SMILES string of the molecule is COc1ccc(C(=O)C2CCN(C(=O)c3ccc(C(=O)C[C@@H]4CCN(Cc5ccc(OC(F)(F)F)cc5)C[C@H]4F)cn3)CC2)cc1. The molecule has 1 amide bonds. The lowest BCUT2D eigenvalue weighted by atomic mass is 9.88. The summed E-state index contributed by atoms with van der Waals surface area (Å²) in [6.45, 7) is 1.84. The largest absolute Gasteiger partial charge is 0.573 e.